The fourth-order valence-corrected chi connectivity index (χ4v) is 3.02. The average Bonchev–Trinajstić information content (AvgIpc) is 2.28. The molecule has 16 heavy (non-hydrogen) atoms. The molecule has 0 radical (unpaired) electrons. The zero-order valence-corrected chi connectivity index (χ0v) is 11.3. The minimum Gasteiger partial charge on any atom is -0.393 e. The van der Waals surface area contributed by atoms with Gasteiger partial charge in [0.1, 0.15) is 0 Å². The van der Waals surface area contributed by atoms with Crippen molar-refractivity contribution >= 4 is 15.9 Å². The summed E-state index contributed by atoms with van der Waals surface area (Å²) in [5.41, 5.74) is 2.88. The first kappa shape index (κ1) is 12.1. The summed E-state index contributed by atoms with van der Waals surface area (Å²) >= 11 is 3.51. The first-order chi connectivity index (χ1) is 7.70. The number of halogens is 1. The molecule has 0 saturated heterocycles. The van der Waals surface area contributed by atoms with Crippen molar-refractivity contribution in [3.63, 3.8) is 0 Å². The van der Waals surface area contributed by atoms with Crippen LogP contribution in [0.1, 0.15) is 37.3 Å². The first-order valence-corrected chi connectivity index (χ1v) is 6.95. The maximum atomic E-state index is 10.0. The lowest BCUT2D eigenvalue weighted by atomic mass is 9.80. The summed E-state index contributed by atoms with van der Waals surface area (Å²) in [5.74, 6) is 0.466. The van der Waals surface area contributed by atoms with Gasteiger partial charge in [-0.2, -0.15) is 0 Å². The highest BCUT2D eigenvalue weighted by Crippen LogP contribution is 2.30. The van der Waals surface area contributed by atoms with E-state index in [1.54, 1.807) is 0 Å². The van der Waals surface area contributed by atoms with Crippen molar-refractivity contribution in [2.45, 2.75) is 45.1 Å². The van der Waals surface area contributed by atoms with Gasteiger partial charge in [-0.1, -0.05) is 35.3 Å². The van der Waals surface area contributed by atoms with Crippen molar-refractivity contribution in [1.82, 2.24) is 0 Å². The predicted molar refractivity (Wildman–Crippen MR) is 70.6 cm³/mol. The quantitative estimate of drug-likeness (QED) is 0.896. The van der Waals surface area contributed by atoms with Gasteiger partial charge < -0.3 is 5.11 Å². The van der Waals surface area contributed by atoms with Gasteiger partial charge >= 0.3 is 0 Å². The van der Waals surface area contributed by atoms with Crippen LogP contribution in [0.2, 0.25) is 0 Å². The molecule has 2 unspecified atom stereocenters. The Hall–Kier alpha value is -0.340. The molecule has 0 spiro atoms. The van der Waals surface area contributed by atoms with Gasteiger partial charge in [-0.3, -0.25) is 0 Å². The van der Waals surface area contributed by atoms with Gasteiger partial charge in [-0.15, -0.1) is 0 Å². The highest BCUT2D eigenvalue weighted by Gasteiger charge is 2.24. The summed E-state index contributed by atoms with van der Waals surface area (Å²) in [4.78, 5) is 0. The molecule has 1 N–H and O–H groups in total. The number of fused-ring (bicyclic) bond motifs is 1. The average molecular weight is 283 g/mol. The molecule has 1 aliphatic carbocycles. The largest absolute Gasteiger partial charge is 0.393 e. The Bertz CT molecular complexity index is 362. The molecule has 2 atom stereocenters. The van der Waals surface area contributed by atoms with Gasteiger partial charge in [0.15, 0.2) is 0 Å². The summed E-state index contributed by atoms with van der Waals surface area (Å²) < 4.78 is 1.17. The van der Waals surface area contributed by atoms with E-state index in [1.807, 2.05) is 0 Å². The van der Waals surface area contributed by atoms with Crippen molar-refractivity contribution < 1.29 is 5.11 Å². The van der Waals surface area contributed by atoms with Crippen LogP contribution >= 0.6 is 15.9 Å². The molecule has 0 fully saturated rings. The molecular weight excluding hydrogens is 264 g/mol. The topological polar surface area (TPSA) is 20.2 Å². The number of aliphatic hydroxyl groups excluding tert-OH is 1. The molecule has 0 aromatic heterocycles. The van der Waals surface area contributed by atoms with Crippen molar-refractivity contribution in [2.24, 2.45) is 5.92 Å². The predicted octanol–water partition coefficient (Wildman–Crippen LogP) is 3.72. The van der Waals surface area contributed by atoms with Crippen LogP contribution < -0.4 is 0 Å². The molecule has 1 nitrogen and oxygen atoms in total. The van der Waals surface area contributed by atoms with Gasteiger partial charge in [0, 0.05) is 4.47 Å². The van der Waals surface area contributed by atoms with E-state index in [0.717, 1.165) is 32.1 Å². The van der Waals surface area contributed by atoms with E-state index in [-0.39, 0.29) is 6.10 Å². The van der Waals surface area contributed by atoms with Crippen LogP contribution in [0.3, 0.4) is 0 Å². The molecule has 88 valence electrons. The van der Waals surface area contributed by atoms with Crippen LogP contribution in [0, 0.1) is 5.92 Å². The van der Waals surface area contributed by atoms with E-state index in [9.17, 15) is 5.11 Å². The third-order valence-electron chi connectivity index (χ3n) is 3.56. The molecule has 2 rings (SSSR count). The van der Waals surface area contributed by atoms with E-state index in [4.69, 9.17) is 0 Å². The SMILES string of the molecule is CCCC(O)C1CCc2cc(Br)ccc2C1. The monoisotopic (exact) mass is 282 g/mol. The minimum atomic E-state index is -0.109. The molecule has 1 aromatic carbocycles. The summed E-state index contributed by atoms with van der Waals surface area (Å²) in [7, 11) is 0. The Morgan fingerprint density at radius 2 is 2.25 bits per heavy atom. The maximum absolute atomic E-state index is 10.0. The van der Waals surface area contributed by atoms with Crippen LogP contribution in [-0.2, 0) is 12.8 Å². The molecule has 1 aliphatic rings. The van der Waals surface area contributed by atoms with Crippen molar-refractivity contribution in [2.75, 3.05) is 0 Å². The Morgan fingerprint density at radius 3 is 3.00 bits per heavy atom. The maximum Gasteiger partial charge on any atom is 0.0571 e. The van der Waals surface area contributed by atoms with E-state index in [0.29, 0.717) is 5.92 Å². The molecule has 0 aliphatic heterocycles. The molecular formula is C14H19BrO. The number of hydrogen-bond donors (Lipinski definition) is 1. The highest BCUT2D eigenvalue weighted by atomic mass is 79.9. The normalized spacial score (nSPS) is 21.6. The molecule has 2 heteroatoms. The zero-order valence-electron chi connectivity index (χ0n) is 9.75. The van der Waals surface area contributed by atoms with Crippen LogP contribution in [-0.4, -0.2) is 11.2 Å². The molecule has 0 saturated carbocycles. The third kappa shape index (κ3) is 2.67. The zero-order chi connectivity index (χ0) is 11.5. The summed E-state index contributed by atoms with van der Waals surface area (Å²) in [6.45, 7) is 2.14. The second-order valence-corrected chi connectivity index (χ2v) is 5.69. The van der Waals surface area contributed by atoms with E-state index in [2.05, 4.69) is 41.1 Å². The van der Waals surface area contributed by atoms with E-state index >= 15 is 0 Å². The van der Waals surface area contributed by atoms with Crippen molar-refractivity contribution in [3.8, 4) is 0 Å². The number of aryl methyl sites for hydroxylation is 1. The second kappa shape index (κ2) is 5.33. The lowest BCUT2D eigenvalue weighted by Gasteiger charge is -2.28. The van der Waals surface area contributed by atoms with Gasteiger partial charge in [0.05, 0.1) is 6.10 Å². The first-order valence-electron chi connectivity index (χ1n) is 6.16. The van der Waals surface area contributed by atoms with Crippen molar-refractivity contribution in [3.05, 3.63) is 33.8 Å². The second-order valence-electron chi connectivity index (χ2n) is 4.77. The lowest BCUT2D eigenvalue weighted by Crippen LogP contribution is -2.26. The highest BCUT2D eigenvalue weighted by molar-refractivity contribution is 9.10. The number of rotatable bonds is 3. The Kier molecular flexibility index (Phi) is 4.04. The lowest BCUT2D eigenvalue weighted by molar-refractivity contribution is 0.0901. The number of hydrogen-bond acceptors (Lipinski definition) is 1. The van der Waals surface area contributed by atoms with Gasteiger partial charge in [0.2, 0.25) is 0 Å². The van der Waals surface area contributed by atoms with Gasteiger partial charge in [0.25, 0.3) is 0 Å². The standard InChI is InChI=1S/C14H19BrO/c1-2-3-14(16)12-5-4-11-9-13(15)7-6-10(11)8-12/h6-7,9,12,14,16H,2-5,8H2,1H3. The van der Waals surface area contributed by atoms with Gasteiger partial charge in [-0.05, 0) is 54.9 Å². The molecule has 0 amide bonds. The Morgan fingerprint density at radius 1 is 1.44 bits per heavy atom. The van der Waals surface area contributed by atoms with E-state index in [1.165, 1.54) is 15.6 Å². The molecule has 0 bridgehead atoms. The van der Waals surface area contributed by atoms with Crippen LogP contribution in [0.25, 0.3) is 0 Å². The fourth-order valence-electron chi connectivity index (χ4n) is 2.61. The summed E-state index contributed by atoms with van der Waals surface area (Å²) in [6.07, 6.45) is 5.19. The van der Waals surface area contributed by atoms with Gasteiger partial charge in [-0.25, -0.2) is 0 Å². The summed E-state index contributed by atoms with van der Waals surface area (Å²) in [6, 6.07) is 6.52. The minimum absolute atomic E-state index is 0.109. The molecule has 1 aromatic rings. The van der Waals surface area contributed by atoms with Crippen LogP contribution in [0.5, 0.6) is 0 Å². The summed E-state index contributed by atoms with van der Waals surface area (Å²) in [5, 5.41) is 10.0. The van der Waals surface area contributed by atoms with Crippen LogP contribution in [0.4, 0.5) is 0 Å². The Balaban J connectivity index is 2.09. The number of benzene rings is 1. The fraction of sp³-hybridized carbons (Fsp3) is 0.571. The molecule has 0 heterocycles. The van der Waals surface area contributed by atoms with E-state index < -0.39 is 0 Å². The smallest absolute Gasteiger partial charge is 0.0571 e. The van der Waals surface area contributed by atoms with Crippen molar-refractivity contribution in [1.29, 1.82) is 0 Å². The third-order valence-corrected chi connectivity index (χ3v) is 4.06. The Labute approximate surface area is 106 Å². The number of aliphatic hydroxyl groups is 1. The van der Waals surface area contributed by atoms with Crippen LogP contribution in [0.15, 0.2) is 22.7 Å².